The molecule has 2 rings (SSSR count). The Morgan fingerprint density at radius 3 is 2.93 bits per heavy atom. The number of nitrogens with two attached hydrogens (primary N) is 1. The zero-order valence-corrected chi connectivity index (χ0v) is 9.00. The molecule has 2 amide bonds. The number of carbonyl (C=O) groups excluding carboxylic acids is 2. The van der Waals surface area contributed by atoms with Crippen LogP contribution in [-0.2, 0) is 9.59 Å². The molecule has 0 bridgehead atoms. The topological polar surface area (TPSA) is 63.4 Å². The van der Waals surface area contributed by atoms with Crippen molar-refractivity contribution < 1.29 is 9.59 Å². The van der Waals surface area contributed by atoms with Crippen molar-refractivity contribution in [2.24, 2.45) is 0 Å². The number of anilines is 2. The summed E-state index contributed by atoms with van der Waals surface area (Å²) in [5, 5.41) is 0. The van der Waals surface area contributed by atoms with E-state index in [1.54, 1.807) is 12.1 Å². The molecule has 5 heteroatoms. The normalized spacial score (nSPS) is 15.0. The highest BCUT2D eigenvalue weighted by molar-refractivity contribution is 8.00. The molecule has 1 heterocycles. The molecule has 0 aliphatic carbocycles. The largest absolute Gasteiger partial charge is 0.399 e. The van der Waals surface area contributed by atoms with Crippen LogP contribution in [0.5, 0.6) is 0 Å². The molecule has 2 N–H and O–H groups in total. The van der Waals surface area contributed by atoms with Crippen LogP contribution in [0.3, 0.4) is 0 Å². The maximum atomic E-state index is 11.6. The first kappa shape index (κ1) is 10.0. The van der Waals surface area contributed by atoms with E-state index in [1.165, 1.54) is 23.6 Å². The van der Waals surface area contributed by atoms with Gasteiger partial charge in [0.1, 0.15) is 0 Å². The summed E-state index contributed by atoms with van der Waals surface area (Å²) in [5.41, 5.74) is 6.78. The van der Waals surface area contributed by atoms with Gasteiger partial charge in [-0.05, 0) is 18.2 Å². The molecule has 1 aromatic carbocycles. The number of hydrogen-bond donors (Lipinski definition) is 1. The molecule has 0 unspecified atom stereocenters. The standard InChI is InChI=1S/C10H10N2O2S/c1-6(13)12-8-4-7(11)2-3-9(8)15-5-10(12)14/h2-4H,5,11H2,1H3. The van der Waals surface area contributed by atoms with Gasteiger partial charge < -0.3 is 5.73 Å². The summed E-state index contributed by atoms with van der Waals surface area (Å²) in [4.78, 5) is 25.0. The maximum absolute atomic E-state index is 11.6. The Bertz CT molecular complexity index is 445. The minimum Gasteiger partial charge on any atom is -0.399 e. The first-order valence-electron chi connectivity index (χ1n) is 4.45. The van der Waals surface area contributed by atoms with E-state index in [0.29, 0.717) is 17.1 Å². The summed E-state index contributed by atoms with van der Waals surface area (Å²) in [7, 11) is 0. The molecule has 1 aromatic rings. The van der Waals surface area contributed by atoms with Crippen LogP contribution in [0.1, 0.15) is 6.92 Å². The molecule has 0 fully saturated rings. The highest BCUT2D eigenvalue weighted by Crippen LogP contribution is 2.36. The quantitative estimate of drug-likeness (QED) is 0.671. The first-order chi connectivity index (χ1) is 7.09. The Morgan fingerprint density at radius 2 is 2.27 bits per heavy atom. The zero-order valence-electron chi connectivity index (χ0n) is 8.19. The summed E-state index contributed by atoms with van der Waals surface area (Å²) in [6.07, 6.45) is 0. The van der Waals surface area contributed by atoms with Crippen molar-refractivity contribution in [3.05, 3.63) is 18.2 Å². The lowest BCUT2D eigenvalue weighted by Gasteiger charge is -2.26. The molecule has 0 saturated heterocycles. The predicted octanol–water partition coefficient (Wildman–Crippen LogP) is 1.25. The fourth-order valence-corrected chi connectivity index (χ4v) is 2.39. The molecule has 1 aliphatic heterocycles. The number of amides is 2. The van der Waals surface area contributed by atoms with Gasteiger partial charge in [0.25, 0.3) is 0 Å². The minimum absolute atomic E-state index is 0.189. The van der Waals surface area contributed by atoms with E-state index in [2.05, 4.69) is 0 Å². The number of hydrogen-bond acceptors (Lipinski definition) is 4. The van der Waals surface area contributed by atoms with Crippen LogP contribution >= 0.6 is 11.8 Å². The third-order valence-electron chi connectivity index (χ3n) is 2.14. The fourth-order valence-electron chi connectivity index (χ4n) is 1.51. The Hall–Kier alpha value is -1.49. The molecule has 0 aromatic heterocycles. The van der Waals surface area contributed by atoms with E-state index in [9.17, 15) is 9.59 Å². The average molecular weight is 222 g/mol. The summed E-state index contributed by atoms with van der Waals surface area (Å²) >= 11 is 1.43. The van der Waals surface area contributed by atoms with Gasteiger partial charge in [0, 0.05) is 17.5 Å². The lowest BCUT2D eigenvalue weighted by molar-refractivity contribution is -0.124. The van der Waals surface area contributed by atoms with Crippen LogP contribution in [0.15, 0.2) is 23.1 Å². The van der Waals surface area contributed by atoms with Crippen LogP contribution in [0.2, 0.25) is 0 Å². The van der Waals surface area contributed by atoms with E-state index in [1.807, 2.05) is 6.07 Å². The van der Waals surface area contributed by atoms with E-state index >= 15 is 0 Å². The van der Waals surface area contributed by atoms with Gasteiger partial charge in [0.15, 0.2) is 0 Å². The van der Waals surface area contributed by atoms with Crippen LogP contribution in [-0.4, -0.2) is 17.6 Å². The lowest BCUT2D eigenvalue weighted by Crippen LogP contribution is -2.39. The third-order valence-corrected chi connectivity index (χ3v) is 3.19. The Labute approximate surface area is 91.4 Å². The number of rotatable bonds is 0. The van der Waals surface area contributed by atoms with Gasteiger partial charge >= 0.3 is 0 Å². The molecule has 78 valence electrons. The van der Waals surface area contributed by atoms with Crippen molar-refractivity contribution in [2.75, 3.05) is 16.4 Å². The number of nitrogen functional groups attached to an aromatic ring is 1. The Balaban J connectivity index is 2.55. The number of nitrogens with zero attached hydrogens (tertiary/aromatic N) is 1. The van der Waals surface area contributed by atoms with Crippen LogP contribution in [0.4, 0.5) is 11.4 Å². The Morgan fingerprint density at radius 1 is 1.53 bits per heavy atom. The smallest absolute Gasteiger partial charge is 0.244 e. The highest BCUT2D eigenvalue weighted by atomic mass is 32.2. The maximum Gasteiger partial charge on any atom is 0.244 e. The van der Waals surface area contributed by atoms with Crippen molar-refractivity contribution in [1.29, 1.82) is 0 Å². The molecule has 0 atom stereocenters. The van der Waals surface area contributed by atoms with Crippen LogP contribution in [0, 0.1) is 0 Å². The number of benzene rings is 1. The first-order valence-corrected chi connectivity index (χ1v) is 5.44. The monoisotopic (exact) mass is 222 g/mol. The fraction of sp³-hybridized carbons (Fsp3) is 0.200. The van der Waals surface area contributed by atoms with Gasteiger partial charge in [0.05, 0.1) is 11.4 Å². The molecular weight excluding hydrogens is 212 g/mol. The number of fused-ring (bicyclic) bond motifs is 1. The number of carbonyl (C=O) groups is 2. The SMILES string of the molecule is CC(=O)N1C(=O)CSc2ccc(N)cc21. The third kappa shape index (κ3) is 1.70. The number of thioether (sulfide) groups is 1. The average Bonchev–Trinajstić information content (AvgIpc) is 2.16. The Kier molecular flexibility index (Phi) is 2.40. The van der Waals surface area contributed by atoms with Gasteiger partial charge in [-0.25, -0.2) is 4.90 Å². The summed E-state index contributed by atoms with van der Waals surface area (Å²) < 4.78 is 0. The predicted molar refractivity (Wildman–Crippen MR) is 59.7 cm³/mol. The molecular formula is C10H10N2O2S. The van der Waals surface area contributed by atoms with Crippen LogP contribution in [0.25, 0.3) is 0 Å². The number of imide groups is 1. The second-order valence-corrected chi connectivity index (χ2v) is 4.28. The summed E-state index contributed by atoms with van der Waals surface area (Å²) in [6, 6.07) is 5.25. The van der Waals surface area contributed by atoms with E-state index in [0.717, 1.165) is 4.90 Å². The van der Waals surface area contributed by atoms with Gasteiger partial charge in [-0.15, -0.1) is 11.8 Å². The van der Waals surface area contributed by atoms with E-state index in [-0.39, 0.29) is 11.8 Å². The molecule has 1 aliphatic rings. The van der Waals surface area contributed by atoms with Crippen molar-refractivity contribution in [1.82, 2.24) is 0 Å². The zero-order chi connectivity index (χ0) is 11.0. The minimum atomic E-state index is -0.271. The van der Waals surface area contributed by atoms with E-state index < -0.39 is 0 Å². The highest BCUT2D eigenvalue weighted by Gasteiger charge is 2.27. The molecule has 4 nitrogen and oxygen atoms in total. The van der Waals surface area contributed by atoms with Crippen molar-refractivity contribution >= 4 is 35.0 Å². The molecule has 0 saturated carbocycles. The van der Waals surface area contributed by atoms with E-state index in [4.69, 9.17) is 5.73 Å². The van der Waals surface area contributed by atoms with Crippen molar-refractivity contribution in [3.63, 3.8) is 0 Å². The van der Waals surface area contributed by atoms with Gasteiger partial charge in [-0.1, -0.05) is 0 Å². The van der Waals surface area contributed by atoms with Gasteiger partial charge in [0.2, 0.25) is 11.8 Å². The molecule has 0 radical (unpaired) electrons. The summed E-state index contributed by atoms with van der Waals surface area (Å²) in [5.74, 6) is -0.158. The second kappa shape index (κ2) is 3.58. The lowest BCUT2D eigenvalue weighted by atomic mass is 10.2. The molecule has 15 heavy (non-hydrogen) atoms. The second-order valence-electron chi connectivity index (χ2n) is 3.26. The summed E-state index contributed by atoms with van der Waals surface area (Å²) in [6.45, 7) is 1.38. The van der Waals surface area contributed by atoms with Crippen LogP contribution < -0.4 is 10.6 Å². The van der Waals surface area contributed by atoms with Gasteiger partial charge in [-0.2, -0.15) is 0 Å². The molecule has 0 spiro atoms. The van der Waals surface area contributed by atoms with Crippen molar-refractivity contribution in [3.8, 4) is 0 Å². The van der Waals surface area contributed by atoms with Gasteiger partial charge in [-0.3, -0.25) is 9.59 Å². The van der Waals surface area contributed by atoms with Crippen molar-refractivity contribution in [2.45, 2.75) is 11.8 Å².